The smallest absolute Gasteiger partial charge is 0.426 e. The Morgan fingerprint density at radius 1 is 0.925 bits per heavy atom. The summed E-state index contributed by atoms with van der Waals surface area (Å²) in [6, 6.07) is 8.39. The summed E-state index contributed by atoms with van der Waals surface area (Å²) in [6.45, 7) is 11.5. The number of hydrogen-bond acceptors (Lipinski definition) is 10. The molecule has 3 aromatic rings. The lowest BCUT2D eigenvalue weighted by molar-refractivity contribution is -0.299. The summed E-state index contributed by atoms with van der Waals surface area (Å²) in [5.41, 5.74) is -8.67. The Labute approximate surface area is 302 Å². The molecule has 0 saturated heterocycles. The van der Waals surface area contributed by atoms with Gasteiger partial charge >= 0.3 is 24.5 Å². The third kappa shape index (κ3) is 10.1. The van der Waals surface area contributed by atoms with Crippen LogP contribution in [0.15, 0.2) is 53.0 Å². The molecular formula is C36H42F6N4O7. The van der Waals surface area contributed by atoms with E-state index in [0.717, 1.165) is 0 Å². The van der Waals surface area contributed by atoms with Crippen molar-refractivity contribution >= 4 is 17.9 Å². The summed E-state index contributed by atoms with van der Waals surface area (Å²) in [7, 11) is 0. The van der Waals surface area contributed by atoms with E-state index in [1.807, 2.05) is 0 Å². The Morgan fingerprint density at radius 2 is 1.53 bits per heavy atom. The zero-order valence-corrected chi connectivity index (χ0v) is 30.5. The molecule has 53 heavy (non-hydrogen) atoms. The number of halogens is 6. The van der Waals surface area contributed by atoms with E-state index in [1.165, 1.54) is 53.7 Å². The minimum atomic E-state index is -5.19. The van der Waals surface area contributed by atoms with Crippen molar-refractivity contribution in [3.63, 3.8) is 0 Å². The van der Waals surface area contributed by atoms with Crippen LogP contribution in [0.2, 0.25) is 0 Å². The van der Waals surface area contributed by atoms with Crippen LogP contribution in [0.5, 0.6) is 5.88 Å². The summed E-state index contributed by atoms with van der Waals surface area (Å²) < 4.78 is 118. The number of ether oxygens (including phenoxy) is 4. The van der Waals surface area contributed by atoms with Crippen LogP contribution in [0, 0.1) is 5.92 Å². The Bertz CT molecular complexity index is 1750. The Balaban J connectivity index is 2.07. The number of benzene rings is 1. The van der Waals surface area contributed by atoms with E-state index >= 15 is 13.2 Å². The van der Waals surface area contributed by atoms with Gasteiger partial charge in [0.2, 0.25) is 11.5 Å². The number of carbonyl (C=O) groups excluding carboxylic acids is 2. The molecule has 1 aliphatic rings. The molecule has 0 radical (unpaired) electrons. The number of fused-ring (bicyclic) bond motifs is 5. The maximum absolute atomic E-state index is 15.3. The van der Waals surface area contributed by atoms with Gasteiger partial charge in [0.1, 0.15) is 22.9 Å². The lowest BCUT2D eigenvalue weighted by Crippen LogP contribution is -2.45. The van der Waals surface area contributed by atoms with Crippen molar-refractivity contribution in [1.29, 1.82) is 0 Å². The maximum Gasteiger partial charge on any atom is 0.426 e. The lowest BCUT2D eigenvalue weighted by Gasteiger charge is -2.32. The summed E-state index contributed by atoms with van der Waals surface area (Å²) in [4.78, 5) is 31.5. The van der Waals surface area contributed by atoms with Gasteiger partial charge in [0, 0.05) is 6.42 Å². The van der Waals surface area contributed by atoms with E-state index in [1.54, 1.807) is 44.2 Å². The van der Waals surface area contributed by atoms with Gasteiger partial charge in [0.15, 0.2) is 5.69 Å². The minimum absolute atomic E-state index is 0.0159. The molecule has 3 heterocycles. The number of anilines is 1. The van der Waals surface area contributed by atoms with E-state index in [0.29, 0.717) is 11.6 Å². The Kier molecular flexibility index (Phi) is 11.9. The van der Waals surface area contributed by atoms with Crippen molar-refractivity contribution in [3.05, 3.63) is 65.6 Å². The van der Waals surface area contributed by atoms with Crippen LogP contribution in [-0.2, 0) is 32.6 Å². The summed E-state index contributed by atoms with van der Waals surface area (Å²) in [6.07, 6.45) is -12.4. The summed E-state index contributed by atoms with van der Waals surface area (Å²) in [5.74, 6) is -3.43. The monoisotopic (exact) mass is 756 g/mol. The zero-order chi connectivity index (χ0) is 39.6. The first-order chi connectivity index (χ1) is 24.4. The molecule has 1 aromatic carbocycles. The third-order valence-corrected chi connectivity index (χ3v) is 7.63. The van der Waals surface area contributed by atoms with Crippen LogP contribution in [0.3, 0.4) is 0 Å². The van der Waals surface area contributed by atoms with Gasteiger partial charge < -0.3 is 23.4 Å². The van der Waals surface area contributed by atoms with Gasteiger partial charge in [-0.05, 0) is 71.9 Å². The molecule has 4 bridgehead atoms. The molecule has 290 valence electrons. The van der Waals surface area contributed by atoms with Crippen LogP contribution in [0.1, 0.15) is 91.7 Å². The largest absolute Gasteiger partial charge is 0.473 e. The molecule has 0 spiro atoms. The highest BCUT2D eigenvalue weighted by Crippen LogP contribution is 2.48. The number of nitrogens with zero attached hydrogens (tertiary/aromatic N) is 4. The number of hydrogen-bond donors (Lipinski definition) is 0. The molecule has 0 saturated carbocycles. The number of aromatic nitrogens is 3. The number of alkyl halides is 6. The highest BCUT2D eigenvalue weighted by atomic mass is 19.4. The molecule has 0 N–H and O–H groups in total. The summed E-state index contributed by atoms with van der Waals surface area (Å²) >= 11 is 0. The number of amides is 2. The summed E-state index contributed by atoms with van der Waals surface area (Å²) in [5, 5.41) is 7.44. The second-order valence-corrected chi connectivity index (χ2v) is 14.7. The molecule has 2 aromatic heterocycles. The van der Waals surface area contributed by atoms with Gasteiger partial charge in [-0.3, -0.25) is 0 Å². The minimum Gasteiger partial charge on any atom is -0.473 e. The Hall–Kier alpha value is -4.67. The molecule has 0 aliphatic carbocycles. The van der Waals surface area contributed by atoms with Crippen LogP contribution in [-0.4, -0.2) is 50.9 Å². The zero-order valence-electron chi connectivity index (χ0n) is 30.5. The molecule has 0 fully saturated rings. The number of carbonyl (C=O) groups is 2. The first kappa shape index (κ1) is 41.1. The average Bonchev–Trinajstić information content (AvgIpc) is 3.49. The topological polar surface area (TPSA) is 126 Å². The van der Waals surface area contributed by atoms with Gasteiger partial charge in [-0.25, -0.2) is 14.6 Å². The van der Waals surface area contributed by atoms with Crippen molar-refractivity contribution in [2.45, 2.75) is 117 Å². The fourth-order valence-electron chi connectivity index (χ4n) is 5.08. The second kappa shape index (κ2) is 15.4. The predicted molar refractivity (Wildman–Crippen MR) is 179 cm³/mol. The number of rotatable bonds is 5. The fraction of sp³-hybridized carbons (Fsp3) is 0.528. The maximum atomic E-state index is 15.3. The normalized spacial score (nSPS) is 18.6. The van der Waals surface area contributed by atoms with Crippen LogP contribution in [0.25, 0.3) is 11.6 Å². The average molecular weight is 757 g/mol. The van der Waals surface area contributed by atoms with Crippen molar-refractivity contribution in [2.75, 3.05) is 4.90 Å². The van der Waals surface area contributed by atoms with Crippen LogP contribution < -0.4 is 9.64 Å². The highest BCUT2D eigenvalue weighted by Gasteiger charge is 2.61. The SMILES string of the molecule is CC(C)C1CC=CCC[C@](OCc2ccccc2)(C(F)(F)F)c2nnc(o2)-c2nc(c(C(F)(F)F)cc2N(C(=O)OC(C)(C)C)C(=O)OC(C)(C)C)O1. The molecular weight excluding hydrogens is 714 g/mol. The molecule has 4 rings (SSSR count). The van der Waals surface area contributed by atoms with Gasteiger partial charge in [-0.15, -0.1) is 10.2 Å². The number of pyridine rings is 1. The molecule has 17 heteroatoms. The highest BCUT2D eigenvalue weighted by molar-refractivity contribution is 6.11. The van der Waals surface area contributed by atoms with Crippen LogP contribution in [0.4, 0.5) is 41.6 Å². The number of imide groups is 1. The van der Waals surface area contributed by atoms with Gasteiger partial charge in [0.25, 0.3) is 11.8 Å². The molecule has 1 aliphatic heterocycles. The van der Waals surface area contributed by atoms with E-state index in [-0.39, 0.29) is 17.7 Å². The standard InChI is InChI=1S/C36H42F6N4O7/c1-21(2)25-17-13-10-14-18-34(36(40,41)42,49-20-22-15-11-9-12-16-22)29-45-44-28(51-29)26-24(19-23(35(37,38)39)27(43-26)50-25)46(30(47)52-32(3,4)5)31(48)53-33(6,7)8/h9-13,15-16,19,21,25H,14,17-18,20H2,1-8H3/t25?,34-/m1/s1. The van der Waals surface area contributed by atoms with Crippen molar-refractivity contribution in [3.8, 4) is 17.5 Å². The second-order valence-electron chi connectivity index (χ2n) is 14.7. The molecule has 2 atom stereocenters. The van der Waals surface area contributed by atoms with Crippen molar-refractivity contribution in [1.82, 2.24) is 15.2 Å². The first-order valence-corrected chi connectivity index (χ1v) is 16.7. The van der Waals surface area contributed by atoms with Crippen molar-refractivity contribution in [2.24, 2.45) is 5.92 Å². The quantitative estimate of drug-likeness (QED) is 0.183. The first-order valence-electron chi connectivity index (χ1n) is 16.7. The van der Waals surface area contributed by atoms with E-state index in [4.69, 9.17) is 23.4 Å². The number of allylic oxidation sites excluding steroid dienone is 1. The van der Waals surface area contributed by atoms with E-state index in [9.17, 15) is 22.8 Å². The Morgan fingerprint density at radius 3 is 2.06 bits per heavy atom. The molecule has 11 nitrogen and oxygen atoms in total. The van der Waals surface area contributed by atoms with E-state index in [2.05, 4.69) is 15.2 Å². The lowest BCUT2D eigenvalue weighted by atomic mass is 9.95. The predicted octanol–water partition coefficient (Wildman–Crippen LogP) is 9.94. The van der Waals surface area contributed by atoms with Gasteiger partial charge in [0.05, 0.1) is 12.3 Å². The molecule has 1 unspecified atom stereocenters. The van der Waals surface area contributed by atoms with Crippen LogP contribution >= 0.6 is 0 Å². The van der Waals surface area contributed by atoms with Gasteiger partial charge in [-0.2, -0.15) is 31.2 Å². The molecule has 2 amide bonds. The van der Waals surface area contributed by atoms with E-state index < -0.39 is 101 Å². The van der Waals surface area contributed by atoms with Crippen molar-refractivity contribution < 1.29 is 59.3 Å². The third-order valence-electron chi connectivity index (χ3n) is 7.63. The fourth-order valence-corrected chi connectivity index (χ4v) is 5.08. The van der Waals surface area contributed by atoms with Gasteiger partial charge in [-0.1, -0.05) is 56.3 Å².